The number of aromatic amines is 1. The number of anilines is 2. The number of benzene rings is 1. The Morgan fingerprint density at radius 1 is 1.26 bits per heavy atom. The van der Waals surface area contributed by atoms with Crippen LogP contribution in [0.2, 0.25) is 0 Å². The van der Waals surface area contributed by atoms with Crippen LogP contribution < -0.4 is 5.32 Å². The monoisotopic (exact) mass is 438 g/mol. The van der Waals surface area contributed by atoms with E-state index in [0.717, 1.165) is 24.4 Å². The summed E-state index contributed by atoms with van der Waals surface area (Å²) in [6.07, 6.45) is 1.72. The van der Waals surface area contributed by atoms with Gasteiger partial charge in [0.25, 0.3) is 0 Å². The highest BCUT2D eigenvalue weighted by Gasteiger charge is 2.19. The Morgan fingerprint density at radius 2 is 2.17 bits per heavy atom. The summed E-state index contributed by atoms with van der Waals surface area (Å²) in [6, 6.07) is 8.79. The van der Waals surface area contributed by atoms with Crippen LogP contribution in [0.15, 0.2) is 36.5 Å². The molecule has 6 nitrogen and oxygen atoms in total. The number of fused-ring (bicyclic) bond motifs is 1. The smallest absolute Gasteiger partial charge is 0.208 e. The van der Waals surface area contributed by atoms with Crippen LogP contribution in [0.1, 0.15) is 0 Å². The molecule has 1 aromatic carbocycles. The minimum absolute atomic E-state index is 0.318. The molecule has 0 fully saturated rings. The second-order valence-electron chi connectivity index (χ2n) is 4.65. The van der Waals surface area contributed by atoms with Crippen molar-refractivity contribution in [3.8, 4) is 11.4 Å². The maximum atomic E-state index is 14.1. The predicted molar refractivity (Wildman–Crippen MR) is 95.2 cm³/mol. The lowest BCUT2D eigenvalue weighted by Crippen LogP contribution is -1.94. The first-order valence-corrected chi connectivity index (χ1v) is 8.45. The van der Waals surface area contributed by atoms with Crippen molar-refractivity contribution in [1.29, 1.82) is 0 Å². The molecule has 0 aliphatic heterocycles. The summed E-state index contributed by atoms with van der Waals surface area (Å²) < 4.78 is 15.0. The van der Waals surface area contributed by atoms with Gasteiger partial charge in [-0.05, 0) is 58.1 Å². The average molecular weight is 438 g/mol. The molecule has 0 aliphatic rings. The maximum absolute atomic E-state index is 14.1. The van der Waals surface area contributed by atoms with Crippen molar-refractivity contribution in [3.63, 3.8) is 0 Å². The van der Waals surface area contributed by atoms with Gasteiger partial charge in [-0.3, -0.25) is 0 Å². The van der Waals surface area contributed by atoms with Crippen LogP contribution in [-0.4, -0.2) is 25.6 Å². The summed E-state index contributed by atoms with van der Waals surface area (Å²) in [4.78, 5) is 5.17. The fraction of sp³-hybridized carbons (Fsp3) is 0. The van der Waals surface area contributed by atoms with Crippen LogP contribution in [0.4, 0.5) is 15.1 Å². The molecule has 0 atom stereocenters. The van der Waals surface area contributed by atoms with Crippen molar-refractivity contribution in [3.05, 3.63) is 45.9 Å². The van der Waals surface area contributed by atoms with E-state index in [0.29, 0.717) is 11.5 Å². The van der Waals surface area contributed by atoms with Crippen LogP contribution in [0.25, 0.3) is 21.6 Å². The number of aromatic nitrogens is 5. The number of tetrazole rings is 1. The topological polar surface area (TPSA) is 79.4 Å². The van der Waals surface area contributed by atoms with Crippen molar-refractivity contribution < 1.29 is 4.39 Å². The molecule has 0 unspecified atom stereocenters. The minimum atomic E-state index is -0.318. The van der Waals surface area contributed by atoms with Crippen molar-refractivity contribution in [2.75, 3.05) is 5.32 Å². The Hall–Kier alpha value is -2.14. The molecular formula is C14H8FIN6S. The number of nitrogens with one attached hydrogen (secondary N) is 2. The molecule has 3 heterocycles. The number of thiophene rings is 1. The summed E-state index contributed by atoms with van der Waals surface area (Å²) >= 11 is 3.49. The molecule has 4 rings (SSSR count). The van der Waals surface area contributed by atoms with Gasteiger partial charge in [0, 0.05) is 15.2 Å². The second-order valence-corrected chi connectivity index (χ2v) is 6.89. The maximum Gasteiger partial charge on any atom is 0.208 e. The van der Waals surface area contributed by atoms with Crippen LogP contribution in [0.5, 0.6) is 0 Å². The molecule has 4 aromatic rings. The molecule has 0 amide bonds. The molecule has 0 radical (unpaired) electrons. The number of rotatable bonds is 3. The first-order chi connectivity index (χ1) is 11.2. The molecule has 0 saturated heterocycles. The lowest BCUT2D eigenvalue weighted by molar-refractivity contribution is 0.631. The number of H-pyrrole nitrogens is 1. The van der Waals surface area contributed by atoms with Crippen LogP contribution in [0, 0.1) is 9.39 Å². The van der Waals surface area contributed by atoms with E-state index in [4.69, 9.17) is 0 Å². The Kier molecular flexibility index (Phi) is 3.65. The zero-order chi connectivity index (χ0) is 15.8. The summed E-state index contributed by atoms with van der Waals surface area (Å²) in [5, 5.41) is 18.9. The predicted octanol–water partition coefficient (Wildman–Crippen LogP) is 3.96. The summed E-state index contributed by atoms with van der Waals surface area (Å²) in [7, 11) is 0. The summed E-state index contributed by atoms with van der Waals surface area (Å²) in [5.74, 6) is 0.124. The SMILES string of the molecule is Fc1cc(I)ccc1Nc1sc2ncccc2c1-c1nn[nH]n1. The number of hydrogen-bond acceptors (Lipinski definition) is 6. The Balaban J connectivity index is 1.88. The Morgan fingerprint density at radius 3 is 2.96 bits per heavy atom. The molecule has 0 spiro atoms. The summed E-state index contributed by atoms with van der Waals surface area (Å²) in [6.45, 7) is 0. The number of hydrogen-bond donors (Lipinski definition) is 2. The van der Waals surface area contributed by atoms with Crippen molar-refractivity contribution in [2.24, 2.45) is 0 Å². The third-order valence-corrected chi connectivity index (χ3v) is 4.91. The van der Waals surface area contributed by atoms with E-state index in [-0.39, 0.29) is 5.82 Å². The zero-order valence-electron chi connectivity index (χ0n) is 11.4. The quantitative estimate of drug-likeness (QED) is 0.474. The molecule has 0 aliphatic carbocycles. The molecule has 0 bridgehead atoms. The van der Waals surface area contributed by atoms with Gasteiger partial charge in [-0.15, -0.1) is 10.2 Å². The fourth-order valence-corrected chi connectivity index (χ4v) is 3.73. The lowest BCUT2D eigenvalue weighted by atomic mass is 10.2. The molecule has 23 heavy (non-hydrogen) atoms. The second kappa shape index (κ2) is 5.81. The van der Waals surface area contributed by atoms with Crippen molar-refractivity contribution in [1.82, 2.24) is 25.6 Å². The molecule has 0 saturated carbocycles. The van der Waals surface area contributed by atoms with E-state index < -0.39 is 0 Å². The van der Waals surface area contributed by atoms with Gasteiger partial charge in [0.05, 0.1) is 11.3 Å². The average Bonchev–Trinajstić information content (AvgIpc) is 3.16. The van der Waals surface area contributed by atoms with Gasteiger partial charge in [-0.1, -0.05) is 11.3 Å². The van der Waals surface area contributed by atoms with E-state index in [9.17, 15) is 4.39 Å². The van der Waals surface area contributed by atoms with Gasteiger partial charge in [0.2, 0.25) is 5.82 Å². The molecular weight excluding hydrogens is 430 g/mol. The van der Waals surface area contributed by atoms with E-state index in [1.165, 1.54) is 17.4 Å². The Bertz CT molecular complexity index is 984. The highest BCUT2D eigenvalue weighted by Crippen LogP contribution is 2.41. The first-order valence-electron chi connectivity index (χ1n) is 6.56. The van der Waals surface area contributed by atoms with E-state index in [1.54, 1.807) is 12.3 Å². The van der Waals surface area contributed by atoms with Gasteiger partial charge >= 0.3 is 0 Å². The highest BCUT2D eigenvalue weighted by atomic mass is 127. The third-order valence-electron chi connectivity index (χ3n) is 3.21. The summed E-state index contributed by atoms with van der Waals surface area (Å²) in [5.41, 5.74) is 1.14. The molecule has 9 heteroatoms. The molecule has 3 aromatic heterocycles. The van der Waals surface area contributed by atoms with E-state index in [2.05, 4.69) is 53.5 Å². The van der Waals surface area contributed by atoms with Crippen LogP contribution in [0.3, 0.4) is 0 Å². The van der Waals surface area contributed by atoms with Crippen LogP contribution >= 0.6 is 33.9 Å². The number of pyridine rings is 1. The fourth-order valence-electron chi connectivity index (χ4n) is 2.22. The zero-order valence-corrected chi connectivity index (χ0v) is 14.4. The molecule has 2 N–H and O–H groups in total. The van der Waals surface area contributed by atoms with Crippen LogP contribution in [-0.2, 0) is 0 Å². The highest BCUT2D eigenvalue weighted by molar-refractivity contribution is 14.1. The minimum Gasteiger partial charge on any atom is -0.344 e. The first kappa shape index (κ1) is 14.5. The largest absolute Gasteiger partial charge is 0.344 e. The number of halogens is 2. The normalized spacial score (nSPS) is 11.0. The van der Waals surface area contributed by atoms with Crippen molar-refractivity contribution in [2.45, 2.75) is 0 Å². The van der Waals surface area contributed by atoms with Gasteiger partial charge in [0.15, 0.2) is 0 Å². The van der Waals surface area contributed by atoms with Gasteiger partial charge in [0.1, 0.15) is 15.6 Å². The van der Waals surface area contributed by atoms with Gasteiger partial charge in [-0.2, -0.15) is 5.21 Å². The van der Waals surface area contributed by atoms with Crippen molar-refractivity contribution >= 4 is 54.8 Å². The lowest BCUT2D eigenvalue weighted by Gasteiger charge is -2.07. The Labute approximate surface area is 147 Å². The van der Waals surface area contributed by atoms with Gasteiger partial charge < -0.3 is 5.32 Å². The third kappa shape index (κ3) is 2.65. The number of nitrogens with zero attached hydrogens (tertiary/aromatic N) is 4. The van der Waals surface area contributed by atoms with E-state index in [1.807, 2.05) is 18.2 Å². The standard InChI is InChI=1S/C14H8FIN6S/c15-9-6-7(16)3-4-10(9)18-14-11(12-19-21-22-20-12)8-2-1-5-17-13(8)23-14/h1-6,18H,(H,19,20,21,22). The van der Waals surface area contributed by atoms with Gasteiger partial charge in [-0.25, -0.2) is 9.37 Å². The molecule has 114 valence electrons. The van der Waals surface area contributed by atoms with E-state index >= 15 is 0 Å².